The molecule has 0 atom stereocenters. The van der Waals surface area contributed by atoms with Crippen molar-refractivity contribution in [2.45, 2.75) is 0 Å². The van der Waals surface area contributed by atoms with Gasteiger partial charge in [0, 0.05) is 49.3 Å². The molecule has 6 aromatic rings. The van der Waals surface area contributed by atoms with Gasteiger partial charge in [-0.05, 0) is 47.5 Å². The number of anilines is 1. The molecule has 8 nitrogen and oxygen atoms in total. The highest BCUT2D eigenvalue weighted by Crippen LogP contribution is 2.31. The normalized spacial score (nSPS) is 13.9. The van der Waals surface area contributed by atoms with Crippen molar-refractivity contribution in [3.8, 4) is 16.8 Å². The molecule has 37 heavy (non-hydrogen) atoms. The Morgan fingerprint density at radius 3 is 2.59 bits per heavy atom. The predicted octanol–water partition coefficient (Wildman–Crippen LogP) is 2.16. The van der Waals surface area contributed by atoms with Crippen molar-refractivity contribution < 1.29 is 0 Å². The number of aromatic nitrogens is 6. The van der Waals surface area contributed by atoms with Gasteiger partial charge in [0.15, 0.2) is 0 Å². The number of rotatable bonds is 5. The zero-order chi connectivity index (χ0) is 24.6. The minimum Gasteiger partial charge on any atom is -0.353 e. The van der Waals surface area contributed by atoms with Crippen LogP contribution in [0.3, 0.4) is 0 Å². The highest BCUT2D eigenvalue weighted by Gasteiger charge is 2.18. The Labute approximate surface area is 214 Å². The fourth-order valence-electron chi connectivity index (χ4n) is 5.11. The van der Waals surface area contributed by atoms with Gasteiger partial charge in [0.05, 0.1) is 28.6 Å². The SMILES string of the molecule is B(c1ccc(-n2cccn2)cc1)c1nc(N2CCNCC2)c2ccc(-c3cccc4[nH]ncc34)cc2n1. The molecule has 180 valence electrons. The lowest BCUT2D eigenvalue weighted by Gasteiger charge is -2.29. The molecule has 1 fully saturated rings. The van der Waals surface area contributed by atoms with Crippen LogP contribution in [0.2, 0.25) is 0 Å². The third-order valence-corrected chi connectivity index (χ3v) is 7.00. The molecule has 1 aliphatic rings. The van der Waals surface area contributed by atoms with E-state index in [0.29, 0.717) is 7.28 Å². The average Bonchev–Trinajstić information content (AvgIpc) is 3.66. The van der Waals surface area contributed by atoms with Crippen LogP contribution in [0.4, 0.5) is 5.82 Å². The molecule has 0 unspecified atom stereocenters. The monoisotopic (exact) mass is 484 g/mol. The van der Waals surface area contributed by atoms with Crippen molar-refractivity contribution in [3.63, 3.8) is 0 Å². The van der Waals surface area contributed by atoms with Crippen LogP contribution in [-0.2, 0) is 0 Å². The van der Waals surface area contributed by atoms with Gasteiger partial charge in [-0.1, -0.05) is 35.8 Å². The minimum absolute atomic E-state index is 0.663. The quantitative estimate of drug-likeness (QED) is 0.365. The highest BCUT2D eigenvalue weighted by atomic mass is 15.3. The molecule has 9 heteroatoms. The summed E-state index contributed by atoms with van der Waals surface area (Å²) in [6.07, 6.45) is 5.62. The van der Waals surface area contributed by atoms with Crippen LogP contribution in [0.1, 0.15) is 0 Å². The fourth-order valence-corrected chi connectivity index (χ4v) is 5.11. The summed E-state index contributed by atoms with van der Waals surface area (Å²) in [5, 5.41) is 17.3. The van der Waals surface area contributed by atoms with Crippen LogP contribution >= 0.6 is 0 Å². The Hall–Kier alpha value is -4.50. The Morgan fingerprint density at radius 2 is 1.76 bits per heavy atom. The summed E-state index contributed by atoms with van der Waals surface area (Å²) >= 11 is 0. The summed E-state index contributed by atoms with van der Waals surface area (Å²) in [5.41, 5.74) is 7.29. The lowest BCUT2D eigenvalue weighted by atomic mass is 9.69. The Morgan fingerprint density at radius 1 is 0.865 bits per heavy atom. The van der Waals surface area contributed by atoms with E-state index in [4.69, 9.17) is 9.97 Å². The molecule has 0 saturated carbocycles. The van der Waals surface area contributed by atoms with E-state index >= 15 is 0 Å². The maximum absolute atomic E-state index is 5.09. The van der Waals surface area contributed by atoms with Crippen molar-refractivity contribution in [2.24, 2.45) is 0 Å². The summed E-state index contributed by atoms with van der Waals surface area (Å²) in [6, 6.07) is 23.1. The molecule has 1 aliphatic heterocycles. The van der Waals surface area contributed by atoms with Crippen molar-refractivity contribution >= 4 is 46.1 Å². The highest BCUT2D eigenvalue weighted by molar-refractivity contribution is 6.65. The van der Waals surface area contributed by atoms with Crippen LogP contribution in [-0.4, -0.2) is 63.4 Å². The molecule has 2 N–H and O–H groups in total. The summed E-state index contributed by atoms with van der Waals surface area (Å²) in [6.45, 7) is 3.77. The zero-order valence-electron chi connectivity index (χ0n) is 20.3. The molecule has 0 spiro atoms. The van der Waals surface area contributed by atoms with Crippen LogP contribution in [0.25, 0.3) is 38.6 Å². The Bertz CT molecular complexity index is 1690. The molecular weight excluding hydrogens is 459 g/mol. The first-order valence-electron chi connectivity index (χ1n) is 12.6. The zero-order valence-corrected chi connectivity index (χ0v) is 20.3. The van der Waals surface area contributed by atoms with E-state index in [1.165, 1.54) is 5.46 Å². The summed E-state index contributed by atoms with van der Waals surface area (Å²) in [4.78, 5) is 12.5. The Balaban J connectivity index is 1.30. The maximum atomic E-state index is 5.09. The molecule has 7 rings (SSSR count). The Kier molecular flexibility index (Phi) is 5.40. The summed E-state index contributed by atoms with van der Waals surface area (Å²) in [5.74, 6) is 1.02. The lowest BCUT2D eigenvalue weighted by molar-refractivity contribution is 0.586. The van der Waals surface area contributed by atoms with Gasteiger partial charge in [-0.15, -0.1) is 0 Å². The van der Waals surface area contributed by atoms with Gasteiger partial charge in [0.25, 0.3) is 0 Å². The number of nitrogens with one attached hydrogen (secondary N) is 2. The van der Waals surface area contributed by atoms with Gasteiger partial charge in [-0.2, -0.15) is 10.2 Å². The van der Waals surface area contributed by atoms with Crippen LogP contribution in [0.15, 0.2) is 85.3 Å². The third kappa shape index (κ3) is 4.13. The van der Waals surface area contributed by atoms with Crippen LogP contribution in [0.5, 0.6) is 0 Å². The van der Waals surface area contributed by atoms with E-state index in [0.717, 1.165) is 76.3 Å². The number of aromatic amines is 1. The topological polar surface area (TPSA) is 87.5 Å². The lowest BCUT2D eigenvalue weighted by Crippen LogP contribution is -2.45. The van der Waals surface area contributed by atoms with E-state index in [1.54, 1.807) is 6.20 Å². The van der Waals surface area contributed by atoms with Gasteiger partial charge in [-0.25, -0.2) is 14.6 Å². The van der Waals surface area contributed by atoms with Gasteiger partial charge >= 0.3 is 0 Å². The smallest absolute Gasteiger partial charge is 0.240 e. The fraction of sp³-hybridized carbons (Fsp3) is 0.143. The molecular formula is C28H25BN8. The number of piperazine rings is 1. The van der Waals surface area contributed by atoms with Gasteiger partial charge < -0.3 is 10.2 Å². The molecule has 0 radical (unpaired) electrons. The number of hydrogen-bond donors (Lipinski definition) is 2. The van der Waals surface area contributed by atoms with Crippen LogP contribution in [0, 0.1) is 0 Å². The first kappa shape index (κ1) is 21.8. The largest absolute Gasteiger partial charge is 0.353 e. The van der Waals surface area contributed by atoms with E-state index in [-0.39, 0.29) is 0 Å². The summed E-state index contributed by atoms with van der Waals surface area (Å²) < 4.78 is 1.86. The van der Waals surface area contributed by atoms with Crippen molar-refractivity contribution in [3.05, 3.63) is 85.3 Å². The molecule has 3 aromatic carbocycles. The molecule has 0 bridgehead atoms. The van der Waals surface area contributed by atoms with E-state index in [2.05, 4.69) is 80.1 Å². The molecule has 4 heterocycles. The molecule has 0 aliphatic carbocycles. The number of H-pyrrole nitrogens is 1. The number of nitrogens with zero attached hydrogens (tertiary/aromatic N) is 6. The van der Waals surface area contributed by atoms with Gasteiger partial charge in [-0.3, -0.25) is 5.10 Å². The standard InChI is InChI=1S/C28H25BN8/c1-3-22(24-18-31-35-25(24)4-1)19-5-10-23-26(17-19)33-28(34-27(23)36-15-12-30-13-16-36)29-20-6-8-21(9-7-20)37-14-2-11-32-37/h1-11,14,17-18,29-30H,12-13,15-16H2,(H,31,35). The molecule has 3 aromatic heterocycles. The number of benzene rings is 3. The second-order valence-corrected chi connectivity index (χ2v) is 9.36. The van der Waals surface area contributed by atoms with E-state index < -0.39 is 0 Å². The van der Waals surface area contributed by atoms with E-state index in [1.807, 2.05) is 29.2 Å². The van der Waals surface area contributed by atoms with Crippen molar-refractivity contribution in [2.75, 3.05) is 31.1 Å². The predicted molar refractivity (Wildman–Crippen MR) is 150 cm³/mol. The van der Waals surface area contributed by atoms with Crippen LogP contribution < -0.4 is 21.4 Å². The first-order chi connectivity index (χ1) is 18.3. The maximum Gasteiger partial charge on any atom is 0.240 e. The number of fused-ring (bicyclic) bond motifs is 2. The second-order valence-electron chi connectivity index (χ2n) is 9.36. The molecule has 0 amide bonds. The van der Waals surface area contributed by atoms with Gasteiger partial charge in [0.1, 0.15) is 5.82 Å². The third-order valence-electron chi connectivity index (χ3n) is 7.00. The van der Waals surface area contributed by atoms with Gasteiger partial charge in [0.2, 0.25) is 7.28 Å². The van der Waals surface area contributed by atoms with Crippen molar-refractivity contribution in [1.82, 2.24) is 35.3 Å². The van der Waals surface area contributed by atoms with Crippen molar-refractivity contribution in [1.29, 1.82) is 0 Å². The second kappa shape index (κ2) is 9.18. The minimum atomic E-state index is 0.663. The first-order valence-corrected chi connectivity index (χ1v) is 12.6. The summed E-state index contributed by atoms with van der Waals surface area (Å²) in [7, 11) is 0.663. The molecule has 1 saturated heterocycles. The number of hydrogen-bond acceptors (Lipinski definition) is 6. The van der Waals surface area contributed by atoms with E-state index in [9.17, 15) is 0 Å². The average molecular weight is 484 g/mol.